The molecule has 1 atom stereocenters. The first-order valence-electron chi connectivity index (χ1n) is 7.73. The van der Waals surface area contributed by atoms with Crippen LogP contribution >= 0.6 is 0 Å². The van der Waals surface area contributed by atoms with Gasteiger partial charge in [-0.05, 0) is 19.4 Å². The molecule has 2 saturated heterocycles. The third kappa shape index (κ3) is 3.18. The van der Waals surface area contributed by atoms with Gasteiger partial charge in [0.25, 0.3) is 0 Å². The molecule has 0 spiro atoms. The van der Waals surface area contributed by atoms with Gasteiger partial charge < -0.3 is 15.1 Å². The summed E-state index contributed by atoms with van der Waals surface area (Å²) in [4.78, 5) is 36.3. The lowest BCUT2D eigenvalue weighted by molar-refractivity contribution is -0.137. The topological polar surface area (TPSA) is 78.4 Å². The number of piperidine rings is 1. The minimum absolute atomic E-state index is 0.0491. The average molecular weight is 303 g/mol. The van der Waals surface area contributed by atoms with Gasteiger partial charge in [-0.3, -0.25) is 9.59 Å². The second-order valence-corrected chi connectivity index (χ2v) is 5.81. The molecule has 22 heavy (non-hydrogen) atoms. The van der Waals surface area contributed by atoms with Crippen LogP contribution in [-0.2, 0) is 9.59 Å². The lowest BCUT2D eigenvalue weighted by Gasteiger charge is -2.37. The highest BCUT2D eigenvalue weighted by Gasteiger charge is 2.30. The Labute approximate surface area is 129 Å². The molecule has 2 aliphatic rings. The van der Waals surface area contributed by atoms with Gasteiger partial charge in [0.05, 0.1) is 5.92 Å². The van der Waals surface area contributed by atoms with E-state index in [1.165, 1.54) is 0 Å². The molecule has 0 aromatic carbocycles. The van der Waals surface area contributed by atoms with E-state index in [0.717, 1.165) is 24.7 Å². The van der Waals surface area contributed by atoms with Crippen molar-refractivity contribution in [1.82, 2.24) is 20.2 Å². The number of carbonyl (C=O) groups is 2. The summed E-state index contributed by atoms with van der Waals surface area (Å²) in [5.41, 5.74) is 0. The summed E-state index contributed by atoms with van der Waals surface area (Å²) in [7, 11) is 0. The maximum Gasteiger partial charge on any atom is 0.227 e. The van der Waals surface area contributed by atoms with E-state index in [1.807, 2.05) is 17.9 Å². The van der Waals surface area contributed by atoms with Gasteiger partial charge in [0.15, 0.2) is 0 Å². The molecule has 7 heteroatoms. The number of amides is 2. The molecule has 3 heterocycles. The van der Waals surface area contributed by atoms with Crippen molar-refractivity contribution in [2.24, 2.45) is 5.92 Å². The number of hydrogen-bond donors (Lipinski definition) is 1. The number of anilines is 1. The van der Waals surface area contributed by atoms with Crippen LogP contribution in [0.15, 0.2) is 12.3 Å². The van der Waals surface area contributed by atoms with Crippen LogP contribution in [0.1, 0.15) is 18.7 Å². The second kappa shape index (κ2) is 6.29. The molecule has 0 radical (unpaired) electrons. The Balaban J connectivity index is 1.55. The van der Waals surface area contributed by atoms with Gasteiger partial charge in [0.2, 0.25) is 11.8 Å². The predicted molar refractivity (Wildman–Crippen MR) is 81.3 cm³/mol. The van der Waals surface area contributed by atoms with E-state index >= 15 is 0 Å². The number of hydrogen-bond acceptors (Lipinski definition) is 5. The zero-order chi connectivity index (χ0) is 15.5. The van der Waals surface area contributed by atoms with Crippen molar-refractivity contribution in [1.29, 1.82) is 0 Å². The third-order valence-electron chi connectivity index (χ3n) is 4.29. The van der Waals surface area contributed by atoms with E-state index in [2.05, 4.69) is 20.2 Å². The Morgan fingerprint density at radius 1 is 1.32 bits per heavy atom. The largest absolute Gasteiger partial charge is 0.355 e. The quantitative estimate of drug-likeness (QED) is 0.829. The van der Waals surface area contributed by atoms with Gasteiger partial charge in [-0.2, -0.15) is 0 Å². The average Bonchev–Trinajstić information content (AvgIpc) is 2.55. The fraction of sp³-hybridized carbons (Fsp3) is 0.600. The molecule has 1 aromatic heterocycles. The molecule has 7 nitrogen and oxygen atoms in total. The molecule has 3 rings (SSSR count). The maximum absolute atomic E-state index is 12.5. The van der Waals surface area contributed by atoms with Gasteiger partial charge in [0.1, 0.15) is 11.6 Å². The minimum Gasteiger partial charge on any atom is -0.355 e. The molecule has 2 amide bonds. The molecule has 1 N–H and O–H groups in total. The summed E-state index contributed by atoms with van der Waals surface area (Å²) in [5.74, 6) is 1.83. The van der Waals surface area contributed by atoms with Crippen LogP contribution in [0.3, 0.4) is 0 Å². The van der Waals surface area contributed by atoms with Crippen LogP contribution < -0.4 is 10.2 Å². The van der Waals surface area contributed by atoms with Crippen molar-refractivity contribution in [3.8, 4) is 0 Å². The Kier molecular flexibility index (Phi) is 4.22. The lowest BCUT2D eigenvalue weighted by atomic mass is 9.97. The van der Waals surface area contributed by atoms with E-state index in [0.29, 0.717) is 32.5 Å². The fourth-order valence-corrected chi connectivity index (χ4v) is 2.98. The van der Waals surface area contributed by atoms with Crippen molar-refractivity contribution in [2.75, 3.05) is 37.6 Å². The molecule has 2 fully saturated rings. The summed E-state index contributed by atoms with van der Waals surface area (Å²) in [5, 5.41) is 2.78. The highest BCUT2D eigenvalue weighted by atomic mass is 16.2. The smallest absolute Gasteiger partial charge is 0.227 e. The zero-order valence-corrected chi connectivity index (χ0v) is 12.8. The molecule has 118 valence electrons. The first-order chi connectivity index (χ1) is 10.6. The monoisotopic (exact) mass is 303 g/mol. The van der Waals surface area contributed by atoms with Crippen LogP contribution in [0.5, 0.6) is 0 Å². The first kappa shape index (κ1) is 14.7. The summed E-state index contributed by atoms with van der Waals surface area (Å²) in [6.45, 7) is 5.31. The SMILES string of the molecule is Cc1nccc(N2CCN(C(=O)C3CCC(=O)NC3)CC2)n1. The van der Waals surface area contributed by atoms with E-state index in [4.69, 9.17) is 0 Å². The standard InChI is InChI=1S/C15H21N5O2/c1-11-16-5-4-13(18-11)19-6-8-20(9-7-19)15(22)12-2-3-14(21)17-10-12/h4-5,12H,2-3,6-10H2,1H3,(H,17,21). The molecule has 0 aliphatic carbocycles. The number of nitrogens with one attached hydrogen (secondary N) is 1. The van der Waals surface area contributed by atoms with Crippen LogP contribution in [0.2, 0.25) is 0 Å². The highest BCUT2D eigenvalue weighted by molar-refractivity contribution is 5.84. The Morgan fingerprint density at radius 3 is 2.73 bits per heavy atom. The summed E-state index contributed by atoms with van der Waals surface area (Å²) < 4.78 is 0. The number of carbonyl (C=O) groups excluding carboxylic acids is 2. The van der Waals surface area contributed by atoms with Gasteiger partial charge in [-0.1, -0.05) is 0 Å². The van der Waals surface area contributed by atoms with Crippen LogP contribution in [0.4, 0.5) is 5.82 Å². The Bertz CT molecular complexity index is 559. The van der Waals surface area contributed by atoms with Gasteiger partial charge >= 0.3 is 0 Å². The number of rotatable bonds is 2. The van der Waals surface area contributed by atoms with Crippen molar-refractivity contribution >= 4 is 17.6 Å². The number of aryl methyl sites for hydroxylation is 1. The molecule has 1 aromatic rings. The fourth-order valence-electron chi connectivity index (χ4n) is 2.98. The third-order valence-corrected chi connectivity index (χ3v) is 4.29. The first-order valence-corrected chi connectivity index (χ1v) is 7.73. The summed E-state index contributed by atoms with van der Waals surface area (Å²) in [6, 6.07) is 1.90. The van der Waals surface area contributed by atoms with E-state index in [9.17, 15) is 9.59 Å². The van der Waals surface area contributed by atoms with Gasteiger partial charge in [0, 0.05) is 45.3 Å². The van der Waals surface area contributed by atoms with Gasteiger partial charge in [-0.25, -0.2) is 9.97 Å². The number of nitrogens with zero attached hydrogens (tertiary/aromatic N) is 4. The van der Waals surface area contributed by atoms with E-state index in [-0.39, 0.29) is 17.7 Å². The van der Waals surface area contributed by atoms with Crippen molar-refractivity contribution in [2.45, 2.75) is 19.8 Å². The maximum atomic E-state index is 12.5. The molecular formula is C15H21N5O2. The molecular weight excluding hydrogens is 282 g/mol. The summed E-state index contributed by atoms with van der Waals surface area (Å²) in [6.07, 6.45) is 2.88. The van der Waals surface area contributed by atoms with Crippen LogP contribution in [-0.4, -0.2) is 59.4 Å². The number of piperazine rings is 1. The van der Waals surface area contributed by atoms with Crippen molar-refractivity contribution in [3.63, 3.8) is 0 Å². The van der Waals surface area contributed by atoms with Gasteiger partial charge in [-0.15, -0.1) is 0 Å². The van der Waals surface area contributed by atoms with E-state index < -0.39 is 0 Å². The van der Waals surface area contributed by atoms with E-state index in [1.54, 1.807) is 6.20 Å². The molecule has 0 saturated carbocycles. The van der Waals surface area contributed by atoms with Crippen LogP contribution in [0, 0.1) is 12.8 Å². The Hall–Kier alpha value is -2.18. The Morgan fingerprint density at radius 2 is 2.09 bits per heavy atom. The number of aromatic nitrogens is 2. The molecule has 0 bridgehead atoms. The molecule has 2 aliphatic heterocycles. The zero-order valence-electron chi connectivity index (χ0n) is 12.8. The van der Waals surface area contributed by atoms with Crippen molar-refractivity contribution in [3.05, 3.63) is 18.1 Å². The summed E-state index contributed by atoms with van der Waals surface area (Å²) >= 11 is 0. The van der Waals surface area contributed by atoms with Crippen LogP contribution in [0.25, 0.3) is 0 Å². The highest BCUT2D eigenvalue weighted by Crippen LogP contribution is 2.18. The lowest BCUT2D eigenvalue weighted by Crippen LogP contribution is -2.52. The minimum atomic E-state index is -0.0643. The predicted octanol–water partition coefficient (Wildman–Crippen LogP) is -0.0402. The van der Waals surface area contributed by atoms with Crippen molar-refractivity contribution < 1.29 is 9.59 Å². The second-order valence-electron chi connectivity index (χ2n) is 5.81. The normalized spacial score (nSPS) is 22.4. The molecule has 1 unspecified atom stereocenters.